The molecule has 0 aromatic carbocycles. The first-order valence-electron chi connectivity index (χ1n) is 6.92. The number of hydrogen-bond acceptors (Lipinski definition) is 5. The Bertz CT molecular complexity index is 245. The van der Waals surface area contributed by atoms with E-state index < -0.39 is 0 Å². The Morgan fingerprint density at radius 2 is 2.00 bits per heavy atom. The summed E-state index contributed by atoms with van der Waals surface area (Å²) in [5.74, 6) is 0. The zero-order valence-electron chi connectivity index (χ0n) is 11.8. The van der Waals surface area contributed by atoms with Crippen molar-refractivity contribution in [3.63, 3.8) is 0 Å². The Morgan fingerprint density at radius 1 is 1.17 bits per heavy atom. The molecular formula is C13H26N2O3. The maximum atomic E-state index is 5.82. The summed E-state index contributed by atoms with van der Waals surface area (Å²) >= 11 is 0. The number of ether oxygens (including phenoxy) is 3. The molecule has 1 N–H and O–H groups in total. The molecule has 0 amide bonds. The zero-order chi connectivity index (χ0) is 13.0. The molecule has 2 rings (SSSR count). The maximum Gasteiger partial charge on any atom is 0.200 e. The molecule has 106 valence electrons. The van der Waals surface area contributed by atoms with Gasteiger partial charge in [-0.3, -0.25) is 4.90 Å². The normalized spacial score (nSPS) is 32.2. The van der Waals surface area contributed by atoms with Crippen LogP contribution in [-0.4, -0.2) is 62.4 Å². The Kier molecular flexibility index (Phi) is 4.98. The summed E-state index contributed by atoms with van der Waals surface area (Å²) in [5, 5.41) is 3.36. The molecule has 2 aliphatic rings. The van der Waals surface area contributed by atoms with Crippen molar-refractivity contribution >= 4 is 0 Å². The summed E-state index contributed by atoms with van der Waals surface area (Å²) in [6.45, 7) is 11.7. The average Bonchev–Trinajstić information content (AvgIpc) is 3.02. The van der Waals surface area contributed by atoms with Gasteiger partial charge in [0.1, 0.15) is 0 Å². The van der Waals surface area contributed by atoms with Crippen LogP contribution in [0.1, 0.15) is 27.2 Å². The largest absolute Gasteiger partial charge is 0.379 e. The lowest BCUT2D eigenvalue weighted by Crippen LogP contribution is -2.37. The van der Waals surface area contributed by atoms with E-state index in [1.807, 2.05) is 0 Å². The number of nitrogens with zero attached hydrogens (tertiary/aromatic N) is 1. The number of nitrogens with one attached hydrogen (secondary N) is 1. The van der Waals surface area contributed by atoms with Crippen LogP contribution in [0.2, 0.25) is 0 Å². The van der Waals surface area contributed by atoms with Crippen LogP contribution in [-0.2, 0) is 14.2 Å². The Balaban J connectivity index is 1.76. The Labute approximate surface area is 110 Å². The lowest BCUT2D eigenvalue weighted by molar-refractivity contribution is -0.0579. The molecule has 2 aliphatic heterocycles. The summed E-state index contributed by atoms with van der Waals surface area (Å²) in [6, 6.07) is 0. The van der Waals surface area contributed by atoms with Crippen LogP contribution in [0.5, 0.6) is 0 Å². The van der Waals surface area contributed by atoms with E-state index >= 15 is 0 Å². The zero-order valence-corrected chi connectivity index (χ0v) is 11.8. The molecular weight excluding hydrogens is 232 g/mol. The first-order chi connectivity index (χ1) is 8.56. The van der Waals surface area contributed by atoms with Gasteiger partial charge in [-0.25, -0.2) is 0 Å². The van der Waals surface area contributed by atoms with Gasteiger partial charge in [0.05, 0.1) is 18.8 Å². The minimum Gasteiger partial charge on any atom is -0.379 e. The minimum atomic E-state index is -0.144. The van der Waals surface area contributed by atoms with Crippen molar-refractivity contribution < 1.29 is 14.2 Å². The van der Waals surface area contributed by atoms with Gasteiger partial charge in [0, 0.05) is 19.6 Å². The second-order valence-corrected chi connectivity index (χ2v) is 5.88. The highest BCUT2D eigenvalue weighted by Gasteiger charge is 2.46. The van der Waals surface area contributed by atoms with Gasteiger partial charge < -0.3 is 19.5 Å². The van der Waals surface area contributed by atoms with Crippen molar-refractivity contribution in [3.05, 3.63) is 0 Å². The monoisotopic (exact) mass is 258 g/mol. The molecule has 18 heavy (non-hydrogen) atoms. The molecule has 2 atom stereocenters. The lowest BCUT2D eigenvalue weighted by Gasteiger charge is -2.23. The summed E-state index contributed by atoms with van der Waals surface area (Å²) in [7, 11) is 0. The lowest BCUT2D eigenvalue weighted by atomic mass is 10.2. The molecule has 2 saturated heterocycles. The molecule has 0 aliphatic carbocycles. The highest BCUT2D eigenvalue weighted by molar-refractivity contribution is 4.81. The van der Waals surface area contributed by atoms with Crippen molar-refractivity contribution in [3.8, 4) is 0 Å². The SMILES string of the molecule is CC(C)(C)O[C@@H]1O[C@@H]1N1CCCNCCOCC1. The second kappa shape index (κ2) is 6.30. The van der Waals surface area contributed by atoms with Crippen LogP contribution < -0.4 is 5.32 Å². The summed E-state index contributed by atoms with van der Waals surface area (Å²) in [4.78, 5) is 2.32. The van der Waals surface area contributed by atoms with Gasteiger partial charge in [0.25, 0.3) is 0 Å². The Morgan fingerprint density at radius 3 is 2.78 bits per heavy atom. The van der Waals surface area contributed by atoms with Crippen LogP contribution in [0, 0.1) is 0 Å². The van der Waals surface area contributed by atoms with Crippen LogP contribution in [0.3, 0.4) is 0 Å². The molecule has 0 bridgehead atoms. The van der Waals surface area contributed by atoms with Crippen LogP contribution in [0.4, 0.5) is 0 Å². The van der Waals surface area contributed by atoms with Crippen LogP contribution >= 0.6 is 0 Å². The van der Waals surface area contributed by atoms with E-state index in [9.17, 15) is 0 Å². The molecule has 0 saturated carbocycles. The van der Waals surface area contributed by atoms with Gasteiger partial charge in [0.2, 0.25) is 0 Å². The van der Waals surface area contributed by atoms with Gasteiger partial charge in [-0.1, -0.05) is 0 Å². The summed E-state index contributed by atoms with van der Waals surface area (Å²) < 4.78 is 17.0. The van der Waals surface area contributed by atoms with Crippen molar-refractivity contribution in [1.29, 1.82) is 0 Å². The van der Waals surface area contributed by atoms with Gasteiger partial charge in [-0.2, -0.15) is 0 Å². The van der Waals surface area contributed by atoms with Gasteiger partial charge in [-0.05, 0) is 33.7 Å². The number of rotatable bonds is 2. The Hall–Kier alpha value is -0.200. The standard InChI is InChI=1S/C13H26N2O3/c1-13(2,3)18-12-11(17-12)15-7-4-5-14-6-9-16-10-8-15/h11-12,14H,4-10H2,1-3H3/t11-,12-/m0/s1. The molecule has 2 fully saturated rings. The summed E-state index contributed by atoms with van der Waals surface area (Å²) in [5.41, 5.74) is -0.144. The van der Waals surface area contributed by atoms with Crippen LogP contribution in [0.25, 0.3) is 0 Å². The highest BCUT2D eigenvalue weighted by atomic mass is 16.8. The third-order valence-electron chi connectivity index (χ3n) is 3.00. The first-order valence-corrected chi connectivity index (χ1v) is 6.92. The van der Waals surface area contributed by atoms with E-state index in [0.717, 1.165) is 45.8 Å². The first kappa shape index (κ1) is 14.2. The molecule has 0 spiro atoms. The molecule has 5 heteroatoms. The van der Waals surface area contributed by atoms with Crippen molar-refractivity contribution in [1.82, 2.24) is 10.2 Å². The molecule has 5 nitrogen and oxygen atoms in total. The quantitative estimate of drug-likeness (QED) is 0.742. The molecule has 0 aromatic rings. The van der Waals surface area contributed by atoms with Crippen LogP contribution in [0.15, 0.2) is 0 Å². The molecule has 0 radical (unpaired) electrons. The summed E-state index contributed by atoms with van der Waals surface area (Å²) in [6.07, 6.45) is 1.19. The molecule has 0 aromatic heterocycles. The maximum absolute atomic E-state index is 5.82. The smallest absolute Gasteiger partial charge is 0.200 e. The van der Waals surface area contributed by atoms with E-state index in [2.05, 4.69) is 31.0 Å². The van der Waals surface area contributed by atoms with Gasteiger partial charge in [0.15, 0.2) is 12.5 Å². The number of epoxide rings is 1. The average molecular weight is 258 g/mol. The van der Waals surface area contributed by atoms with E-state index in [-0.39, 0.29) is 18.1 Å². The molecule has 0 unspecified atom stereocenters. The topological polar surface area (TPSA) is 46.3 Å². The van der Waals surface area contributed by atoms with Crippen molar-refractivity contribution in [2.45, 2.75) is 45.3 Å². The number of hydrogen-bond donors (Lipinski definition) is 1. The predicted octanol–water partition coefficient (Wildman–Crippen LogP) is 0.796. The third-order valence-corrected chi connectivity index (χ3v) is 3.00. The fourth-order valence-electron chi connectivity index (χ4n) is 2.11. The fraction of sp³-hybridized carbons (Fsp3) is 1.00. The third kappa shape index (κ3) is 4.82. The van der Waals surface area contributed by atoms with Crippen molar-refractivity contribution in [2.24, 2.45) is 0 Å². The van der Waals surface area contributed by atoms with E-state index in [1.54, 1.807) is 0 Å². The fourth-order valence-corrected chi connectivity index (χ4v) is 2.11. The molecule has 2 heterocycles. The minimum absolute atomic E-state index is 0.0686. The second-order valence-electron chi connectivity index (χ2n) is 5.88. The van der Waals surface area contributed by atoms with Crippen molar-refractivity contribution in [2.75, 3.05) is 39.4 Å². The highest BCUT2D eigenvalue weighted by Crippen LogP contribution is 2.30. The van der Waals surface area contributed by atoms with E-state index in [1.165, 1.54) is 0 Å². The van der Waals surface area contributed by atoms with Gasteiger partial charge in [-0.15, -0.1) is 0 Å². The van der Waals surface area contributed by atoms with E-state index in [4.69, 9.17) is 14.2 Å². The van der Waals surface area contributed by atoms with Gasteiger partial charge >= 0.3 is 0 Å². The predicted molar refractivity (Wildman–Crippen MR) is 69.4 cm³/mol. The van der Waals surface area contributed by atoms with E-state index in [0.29, 0.717) is 0 Å².